The van der Waals surface area contributed by atoms with Crippen LogP contribution >= 0.6 is 0 Å². The van der Waals surface area contributed by atoms with Crippen molar-refractivity contribution in [2.75, 3.05) is 20.2 Å². The monoisotopic (exact) mass is 248 g/mol. The lowest BCUT2D eigenvalue weighted by Crippen LogP contribution is -2.29. The van der Waals surface area contributed by atoms with Gasteiger partial charge in [-0.3, -0.25) is 9.78 Å². The van der Waals surface area contributed by atoms with Crippen LogP contribution in [-0.4, -0.2) is 31.1 Å². The molecule has 0 bridgehead atoms. The molecule has 96 valence electrons. The largest absolute Gasteiger partial charge is 0.482 e. The normalized spacial score (nSPS) is 9.56. The molecule has 1 heterocycles. The Balaban J connectivity index is 2.30. The highest BCUT2D eigenvalue weighted by atomic mass is 16.5. The number of amides is 1. The molecule has 1 rings (SSSR count). The molecule has 1 aromatic rings. The lowest BCUT2D eigenvalue weighted by Gasteiger charge is -2.06. The molecule has 0 unspecified atom stereocenters. The smallest absolute Gasteiger partial charge is 0.257 e. The molecule has 6 heteroatoms. The summed E-state index contributed by atoms with van der Waals surface area (Å²) in [4.78, 5) is 15.4. The quantitative estimate of drug-likeness (QED) is 0.673. The van der Waals surface area contributed by atoms with Gasteiger partial charge in [0, 0.05) is 13.1 Å². The summed E-state index contributed by atoms with van der Waals surface area (Å²) in [6, 6.07) is 5.54. The van der Waals surface area contributed by atoms with Crippen LogP contribution in [-0.2, 0) is 11.3 Å². The molecule has 0 saturated heterocycles. The topological polar surface area (TPSA) is 87.0 Å². The molecule has 0 radical (unpaired) electrons. The molecule has 0 saturated carbocycles. The van der Waals surface area contributed by atoms with E-state index in [-0.39, 0.29) is 12.5 Å². The second-order valence-corrected chi connectivity index (χ2v) is 3.56. The zero-order valence-electron chi connectivity index (χ0n) is 10.3. The van der Waals surface area contributed by atoms with Crippen LogP contribution < -0.4 is 15.4 Å². The van der Waals surface area contributed by atoms with Gasteiger partial charge < -0.3 is 15.4 Å². The maximum absolute atomic E-state index is 11.3. The SMILES string of the molecule is CNCc1ccc(OCC(=O)NCCC#N)cn1. The minimum atomic E-state index is -0.246. The van der Waals surface area contributed by atoms with Crippen LogP contribution in [0.2, 0.25) is 0 Å². The molecule has 0 spiro atoms. The molecule has 0 aliphatic carbocycles. The van der Waals surface area contributed by atoms with Crippen LogP contribution in [0.3, 0.4) is 0 Å². The Morgan fingerprint density at radius 1 is 1.56 bits per heavy atom. The number of nitriles is 1. The molecular weight excluding hydrogens is 232 g/mol. The van der Waals surface area contributed by atoms with Gasteiger partial charge >= 0.3 is 0 Å². The number of carbonyl (C=O) groups is 1. The summed E-state index contributed by atoms with van der Waals surface area (Å²) in [5.41, 5.74) is 0.906. The van der Waals surface area contributed by atoms with Gasteiger partial charge in [-0.15, -0.1) is 0 Å². The highest BCUT2D eigenvalue weighted by molar-refractivity contribution is 5.77. The van der Waals surface area contributed by atoms with Crippen LogP contribution in [0.1, 0.15) is 12.1 Å². The summed E-state index contributed by atoms with van der Waals surface area (Å²) < 4.78 is 5.25. The Hall–Kier alpha value is -2.13. The summed E-state index contributed by atoms with van der Waals surface area (Å²) in [6.45, 7) is 0.964. The number of aromatic nitrogens is 1. The number of hydrogen-bond acceptors (Lipinski definition) is 5. The number of hydrogen-bond donors (Lipinski definition) is 2. The van der Waals surface area contributed by atoms with E-state index in [0.717, 1.165) is 5.69 Å². The van der Waals surface area contributed by atoms with Crippen molar-refractivity contribution >= 4 is 5.91 Å². The molecule has 0 atom stereocenters. The highest BCUT2D eigenvalue weighted by Crippen LogP contribution is 2.08. The lowest BCUT2D eigenvalue weighted by molar-refractivity contribution is -0.123. The van der Waals surface area contributed by atoms with E-state index >= 15 is 0 Å². The van der Waals surface area contributed by atoms with Crippen molar-refractivity contribution in [1.29, 1.82) is 5.26 Å². The van der Waals surface area contributed by atoms with E-state index in [9.17, 15) is 4.79 Å². The molecule has 6 nitrogen and oxygen atoms in total. The first-order chi connectivity index (χ1) is 8.76. The first-order valence-corrected chi connectivity index (χ1v) is 5.62. The molecule has 0 aliphatic heterocycles. The number of ether oxygens (including phenoxy) is 1. The van der Waals surface area contributed by atoms with Gasteiger partial charge in [0.1, 0.15) is 5.75 Å². The van der Waals surface area contributed by atoms with Gasteiger partial charge in [0.05, 0.1) is 24.4 Å². The number of nitrogens with zero attached hydrogens (tertiary/aromatic N) is 2. The Kier molecular flexibility index (Phi) is 6.22. The Morgan fingerprint density at radius 3 is 3.00 bits per heavy atom. The van der Waals surface area contributed by atoms with Gasteiger partial charge in [-0.25, -0.2) is 0 Å². The van der Waals surface area contributed by atoms with E-state index in [0.29, 0.717) is 25.3 Å². The summed E-state index contributed by atoms with van der Waals surface area (Å²) in [5.74, 6) is 0.301. The number of nitrogens with one attached hydrogen (secondary N) is 2. The van der Waals surface area contributed by atoms with Crippen LogP contribution in [0.15, 0.2) is 18.3 Å². The average molecular weight is 248 g/mol. The molecule has 0 aliphatic rings. The standard InChI is InChI=1S/C12H16N4O2/c1-14-7-10-3-4-11(8-16-10)18-9-12(17)15-6-2-5-13/h3-4,8,14H,2,6-7,9H2,1H3,(H,15,17). The van der Waals surface area contributed by atoms with Gasteiger partial charge in [-0.05, 0) is 19.2 Å². The van der Waals surface area contributed by atoms with Crippen molar-refractivity contribution in [3.05, 3.63) is 24.0 Å². The van der Waals surface area contributed by atoms with Crippen LogP contribution in [0.25, 0.3) is 0 Å². The van der Waals surface area contributed by atoms with E-state index in [1.54, 1.807) is 12.3 Å². The van der Waals surface area contributed by atoms with E-state index in [1.165, 1.54) is 0 Å². The predicted octanol–water partition coefficient (Wildman–Crippen LogP) is 0.210. The number of pyridine rings is 1. The van der Waals surface area contributed by atoms with Gasteiger partial charge in [-0.1, -0.05) is 0 Å². The zero-order valence-corrected chi connectivity index (χ0v) is 10.3. The maximum Gasteiger partial charge on any atom is 0.257 e. The van der Waals surface area contributed by atoms with Crippen LogP contribution in [0.4, 0.5) is 0 Å². The molecule has 0 fully saturated rings. The second kappa shape index (κ2) is 8.03. The van der Waals surface area contributed by atoms with Gasteiger partial charge in [0.15, 0.2) is 6.61 Å². The van der Waals surface area contributed by atoms with Gasteiger partial charge in [0.25, 0.3) is 5.91 Å². The van der Waals surface area contributed by atoms with E-state index < -0.39 is 0 Å². The fourth-order valence-electron chi connectivity index (χ4n) is 1.24. The van der Waals surface area contributed by atoms with Crippen molar-refractivity contribution in [1.82, 2.24) is 15.6 Å². The number of rotatable bonds is 7. The summed E-state index contributed by atoms with van der Waals surface area (Å²) >= 11 is 0. The number of carbonyl (C=O) groups excluding carboxylic acids is 1. The summed E-state index contributed by atoms with van der Waals surface area (Å²) in [6.07, 6.45) is 1.88. The van der Waals surface area contributed by atoms with Crippen molar-refractivity contribution in [2.24, 2.45) is 0 Å². The highest BCUT2D eigenvalue weighted by Gasteiger charge is 2.02. The molecular formula is C12H16N4O2. The van der Waals surface area contributed by atoms with Crippen LogP contribution in [0, 0.1) is 11.3 Å². The lowest BCUT2D eigenvalue weighted by atomic mass is 10.3. The molecule has 2 N–H and O–H groups in total. The minimum Gasteiger partial charge on any atom is -0.482 e. The Bertz CT molecular complexity index is 411. The Morgan fingerprint density at radius 2 is 2.39 bits per heavy atom. The van der Waals surface area contributed by atoms with Crippen molar-refractivity contribution in [3.8, 4) is 11.8 Å². The fraction of sp³-hybridized carbons (Fsp3) is 0.417. The Labute approximate surface area is 106 Å². The molecule has 0 aromatic carbocycles. The van der Waals surface area contributed by atoms with Crippen LogP contribution in [0.5, 0.6) is 5.75 Å². The van der Waals surface area contributed by atoms with E-state index in [4.69, 9.17) is 10.00 Å². The third kappa shape index (κ3) is 5.27. The first kappa shape index (κ1) is 13.9. The molecule has 1 aromatic heterocycles. The summed E-state index contributed by atoms with van der Waals surface area (Å²) in [5, 5.41) is 13.9. The maximum atomic E-state index is 11.3. The van der Waals surface area contributed by atoms with Crippen molar-refractivity contribution < 1.29 is 9.53 Å². The van der Waals surface area contributed by atoms with E-state index in [1.807, 2.05) is 19.2 Å². The predicted molar refractivity (Wildman–Crippen MR) is 65.7 cm³/mol. The van der Waals surface area contributed by atoms with Gasteiger partial charge in [-0.2, -0.15) is 5.26 Å². The zero-order chi connectivity index (χ0) is 13.2. The third-order valence-corrected chi connectivity index (χ3v) is 2.08. The van der Waals surface area contributed by atoms with Crippen molar-refractivity contribution in [2.45, 2.75) is 13.0 Å². The average Bonchev–Trinajstić information content (AvgIpc) is 2.39. The van der Waals surface area contributed by atoms with E-state index in [2.05, 4.69) is 15.6 Å². The fourth-order valence-corrected chi connectivity index (χ4v) is 1.24. The summed E-state index contributed by atoms with van der Waals surface area (Å²) in [7, 11) is 1.84. The van der Waals surface area contributed by atoms with Crippen molar-refractivity contribution in [3.63, 3.8) is 0 Å². The molecule has 1 amide bonds. The van der Waals surface area contributed by atoms with Gasteiger partial charge in [0.2, 0.25) is 0 Å². The minimum absolute atomic E-state index is 0.0709. The molecule has 18 heavy (non-hydrogen) atoms. The third-order valence-electron chi connectivity index (χ3n) is 2.08. The first-order valence-electron chi connectivity index (χ1n) is 5.62. The second-order valence-electron chi connectivity index (χ2n) is 3.56.